The van der Waals surface area contributed by atoms with Crippen LogP contribution in [0.2, 0.25) is 10.0 Å². The quantitative estimate of drug-likeness (QED) is 0.679. The second-order valence-electron chi connectivity index (χ2n) is 5.96. The molecule has 1 saturated carbocycles. The molecular formula is C17H15Cl2FN2O4S. The van der Waals surface area contributed by atoms with Crippen molar-refractivity contribution in [2.75, 3.05) is 12.4 Å². The fourth-order valence-corrected chi connectivity index (χ4v) is 4.13. The van der Waals surface area contributed by atoms with Crippen molar-refractivity contribution in [2.24, 2.45) is 0 Å². The van der Waals surface area contributed by atoms with Gasteiger partial charge in [0.2, 0.25) is 10.0 Å². The Labute approximate surface area is 165 Å². The van der Waals surface area contributed by atoms with E-state index in [2.05, 4.69) is 10.0 Å². The number of methoxy groups -OCH3 is 1. The minimum atomic E-state index is -3.73. The molecule has 2 aromatic carbocycles. The average molecular weight is 433 g/mol. The van der Waals surface area contributed by atoms with Crippen molar-refractivity contribution in [3.63, 3.8) is 0 Å². The third-order valence-corrected chi connectivity index (χ3v) is 6.00. The van der Waals surface area contributed by atoms with Crippen LogP contribution in [0.3, 0.4) is 0 Å². The van der Waals surface area contributed by atoms with Gasteiger partial charge in [-0.3, -0.25) is 4.79 Å². The Morgan fingerprint density at radius 3 is 2.52 bits per heavy atom. The highest BCUT2D eigenvalue weighted by Gasteiger charge is 2.28. The molecular weight excluding hydrogens is 418 g/mol. The zero-order chi connectivity index (χ0) is 19.8. The highest BCUT2D eigenvalue weighted by Crippen LogP contribution is 2.31. The van der Waals surface area contributed by atoms with Gasteiger partial charge in [-0.25, -0.2) is 17.5 Å². The van der Waals surface area contributed by atoms with Crippen LogP contribution in [0.25, 0.3) is 0 Å². The maximum atomic E-state index is 13.7. The summed E-state index contributed by atoms with van der Waals surface area (Å²) >= 11 is 11.6. The highest BCUT2D eigenvalue weighted by molar-refractivity contribution is 7.89. The number of hydrogen-bond acceptors (Lipinski definition) is 4. The minimum Gasteiger partial charge on any atom is -0.495 e. The molecule has 0 atom stereocenters. The number of anilines is 1. The summed E-state index contributed by atoms with van der Waals surface area (Å²) in [6, 6.07) is 6.01. The maximum absolute atomic E-state index is 13.7. The summed E-state index contributed by atoms with van der Waals surface area (Å²) in [7, 11) is -2.35. The summed E-state index contributed by atoms with van der Waals surface area (Å²) < 4.78 is 46.1. The molecule has 0 aliphatic heterocycles. The van der Waals surface area contributed by atoms with E-state index in [1.807, 2.05) is 0 Å². The second kappa shape index (κ2) is 7.63. The van der Waals surface area contributed by atoms with Gasteiger partial charge in [0.1, 0.15) is 11.6 Å². The number of halogens is 3. The van der Waals surface area contributed by atoms with Crippen molar-refractivity contribution in [3.05, 3.63) is 51.8 Å². The molecule has 1 fully saturated rings. The first-order valence-electron chi connectivity index (χ1n) is 7.87. The van der Waals surface area contributed by atoms with Crippen LogP contribution in [0.15, 0.2) is 35.2 Å². The molecule has 0 spiro atoms. The zero-order valence-corrected chi connectivity index (χ0v) is 16.4. The Hall–Kier alpha value is -1.87. The molecule has 10 heteroatoms. The number of nitrogens with one attached hydrogen (secondary N) is 2. The predicted octanol–water partition coefficient (Wildman–Crippen LogP) is 3.83. The van der Waals surface area contributed by atoms with Crippen molar-refractivity contribution in [2.45, 2.75) is 23.8 Å². The predicted molar refractivity (Wildman–Crippen MR) is 101 cm³/mol. The molecule has 1 aliphatic carbocycles. The van der Waals surface area contributed by atoms with Crippen LogP contribution in [0, 0.1) is 5.82 Å². The molecule has 1 amide bonds. The summed E-state index contributed by atoms with van der Waals surface area (Å²) in [5.74, 6) is -1.30. The van der Waals surface area contributed by atoms with E-state index in [1.165, 1.54) is 25.3 Å². The van der Waals surface area contributed by atoms with E-state index in [-0.39, 0.29) is 38.0 Å². The lowest BCUT2D eigenvalue weighted by Crippen LogP contribution is -2.26. The summed E-state index contributed by atoms with van der Waals surface area (Å²) in [6.45, 7) is 0. The monoisotopic (exact) mass is 432 g/mol. The first kappa shape index (κ1) is 19.9. The van der Waals surface area contributed by atoms with Gasteiger partial charge in [0, 0.05) is 6.04 Å². The summed E-state index contributed by atoms with van der Waals surface area (Å²) in [4.78, 5) is 12.5. The molecule has 2 N–H and O–H groups in total. The second-order valence-corrected chi connectivity index (χ2v) is 8.49. The molecule has 0 aromatic heterocycles. The summed E-state index contributed by atoms with van der Waals surface area (Å²) in [5, 5.41) is 2.24. The number of sulfonamides is 1. The summed E-state index contributed by atoms with van der Waals surface area (Å²) in [6.07, 6.45) is 1.58. The van der Waals surface area contributed by atoms with Crippen LogP contribution >= 0.6 is 23.2 Å². The normalized spacial score (nSPS) is 14.1. The topological polar surface area (TPSA) is 84.5 Å². The average Bonchev–Trinajstić information content (AvgIpc) is 3.41. The van der Waals surface area contributed by atoms with Crippen LogP contribution in [0.5, 0.6) is 5.75 Å². The molecule has 0 saturated heterocycles. The van der Waals surface area contributed by atoms with Gasteiger partial charge in [0.25, 0.3) is 5.91 Å². The molecule has 0 heterocycles. The number of ether oxygens (including phenoxy) is 1. The Morgan fingerprint density at radius 1 is 1.19 bits per heavy atom. The lowest BCUT2D eigenvalue weighted by atomic mass is 10.2. The Morgan fingerprint density at radius 2 is 1.89 bits per heavy atom. The molecule has 1 aliphatic rings. The third kappa shape index (κ3) is 4.52. The molecule has 2 aromatic rings. The van der Waals surface area contributed by atoms with E-state index in [4.69, 9.17) is 27.9 Å². The molecule has 6 nitrogen and oxygen atoms in total. The van der Waals surface area contributed by atoms with Crippen LogP contribution in [-0.4, -0.2) is 27.5 Å². The third-order valence-electron chi connectivity index (χ3n) is 3.88. The molecule has 144 valence electrons. The van der Waals surface area contributed by atoms with Crippen molar-refractivity contribution < 1.29 is 22.3 Å². The SMILES string of the molecule is COc1ccc(S(=O)(=O)NC2CC2)cc1NC(=O)c1cc(F)c(Cl)cc1Cl. The van der Waals surface area contributed by atoms with E-state index in [1.54, 1.807) is 0 Å². The molecule has 3 rings (SSSR count). The first-order chi connectivity index (χ1) is 12.7. The van der Waals surface area contributed by atoms with Crippen LogP contribution in [0.1, 0.15) is 23.2 Å². The van der Waals surface area contributed by atoms with Crippen molar-refractivity contribution >= 4 is 44.8 Å². The van der Waals surface area contributed by atoms with Gasteiger partial charge in [0.15, 0.2) is 0 Å². The maximum Gasteiger partial charge on any atom is 0.257 e. The Bertz CT molecular complexity index is 1010. The fraction of sp³-hybridized carbons (Fsp3) is 0.235. The van der Waals surface area contributed by atoms with Gasteiger partial charge in [0.05, 0.1) is 33.3 Å². The number of carbonyl (C=O) groups is 1. The number of rotatable bonds is 6. The van der Waals surface area contributed by atoms with Gasteiger partial charge in [-0.1, -0.05) is 23.2 Å². The molecule has 0 radical (unpaired) electrons. The van der Waals surface area contributed by atoms with E-state index in [0.717, 1.165) is 25.0 Å². The summed E-state index contributed by atoms with van der Waals surface area (Å²) in [5.41, 5.74) is -0.0439. The van der Waals surface area contributed by atoms with Gasteiger partial charge in [-0.15, -0.1) is 0 Å². The van der Waals surface area contributed by atoms with Crippen LogP contribution < -0.4 is 14.8 Å². The van der Waals surface area contributed by atoms with Crippen molar-refractivity contribution in [1.29, 1.82) is 0 Å². The van der Waals surface area contributed by atoms with Gasteiger partial charge < -0.3 is 10.1 Å². The fourth-order valence-electron chi connectivity index (χ4n) is 2.33. The van der Waals surface area contributed by atoms with E-state index < -0.39 is 21.7 Å². The number of benzene rings is 2. The number of hydrogen-bond donors (Lipinski definition) is 2. The largest absolute Gasteiger partial charge is 0.495 e. The van der Waals surface area contributed by atoms with Crippen molar-refractivity contribution in [3.8, 4) is 5.75 Å². The van der Waals surface area contributed by atoms with Gasteiger partial charge in [-0.2, -0.15) is 0 Å². The number of amides is 1. The Balaban J connectivity index is 1.92. The zero-order valence-electron chi connectivity index (χ0n) is 14.1. The smallest absolute Gasteiger partial charge is 0.257 e. The molecule has 27 heavy (non-hydrogen) atoms. The first-order valence-corrected chi connectivity index (χ1v) is 10.1. The molecule has 0 unspecified atom stereocenters. The van der Waals surface area contributed by atoms with Crippen LogP contribution in [-0.2, 0) is 10.0 Å². The van der Waals surface area contributed by atoms with E-state index >= 15 is 0 Å². The molecule has 0 bridgehead atoms. The minimum absolute atomic E-state index is 0.0288. The van der Waals surface area contributed by atoms with Crippen molar-refractivity contribution in [1.82, 2.24) is 4.72 Å². The lowest BCUT2D eigenvalue weighted by Gasteiger charge is -2.13. The van der Waals surface area contributed by atoms with Crippen LogP contribution in [0.4, 0.5) is 10.1 Å². The highest BCUT2D eigenvalue weighted by atomic mass is 35.5. The van der Waals surface area contributed by atoms with E-state index in [0.29, 0.717) is 0 Å². The number of carbonyl (C=O) groups excluding carboxylic acids is 1. The van der Waals surface area contributed by atoms with Gasteiger partial charge >= 0.3 is 0 Å². The van der Waals surface area contributed by atoms with Gasteiger partial charge in [-0.05, 0) is 43.2 Å². The standard InChI is InChI=1S/C17H15Cl2FN2O4S/c1-26-16-5-4-10(27(24,25)22-9-2-3-9)6-15(16)21-17(23)11-7-14(20)13(19)8-12(11)18/h4-9,22H,2-3H2,1H3,(H,21,23). The lowest BCUT2D eigenvalue weighted by molar-refractivity contribution is 0.102. The Kier molecular flexibility index (Phi) is 5.62. The van der Waals surface area contributed by atoms with E-state index in [9.17, 15) is 17.6 Å².